The van der Waals surface area contributed by atoms with Crippen LogP contribution in [0.4, 0.5) is 0 Å². The van der Waals surface area contributed by atoms with E-state index in [1.54, 1.807) is 17.6 Å². The van der Waals surface area contributed by atoms with Crippen molar-refractivity contribution in [3.63, 3.8) is 0 Å². The van der Waals surface area contributed by atoms with Gasteiger partial charge in [-0.2, -0.15) is 0 Å². The van der Waals surface area contributed by atoms with E-state index in [4.69, 9.17) is 28.7 Å². The fourth-order valence-electron chi connectivity index (χ4n) is 6.10. The van der Waals surface area contributed by atoms with Gasteiger partial charge in [-0.05, 0) is 43.0 Å². The molecule has 0 bridgehead atoms. The maximum Gasteiger partial charge on any atom is 0.355 e. The van der Waals surface area contributed by atoms with Crippen molar-refractivity contribution < 1.29 is 38.1 Å². The van der Waals surface area contributed by atoms with Crippen LogP contribution in [0.3, 0.4) is 0 Å². The normalized spacial score (nSPS) is 21.5. The van der Waals surface area contributed by atoms with Gasteiger partial charge in [0.25, 0.3) is 5.56 Å². The van der Waals surface area contributed by atoms with Crippen molar-refractivity contribution in [2.24, 2.45) is 0 Å². The molecule has 3 aromatic rings. The number of halogens is 1. The minimum absolute atomic E-state index is 0.103. The van der Waals surface area contributed by atoms with Crippen LogP contribution in [-0.2, 0) is 63.4 Å². The van der Waals surface area contributed by atoms with E-state index in [-0.39, 0.29) is 62.4 Å². The lowest BCUT2D eigenvalue weighted by Crippen LogP contribution is -2.47. The minimum atomic E-state index is -1.73. The van der Waals surface area contributed by atoms with Gasteiger partial charge in [0.15, 0.2) is 6.29 Å². The number of aromatic nitrogens is 2. The highest BCUT2D eigenvalue weighted by molar-refractivity contribution is 9.09. The zero-order valence-corrected chi connectivity index (χ0v) is 26.6. The van der Waals surface area contributed by atoms with Crippen molar-refractivity contribution in [3.8, 4) is 11.4 Å². The van der Waals surface area contributed by atoms with E-state index < -0.39 is 23.8 Å². The number of pyridine rings is 2. The van der Waals surface area contributed by atoms with Crippen molar-refractivity contribution in [3.05, 3.63) is 75.1 Å². The van der Waals surface area contributed by atoms with Gasteiger partial charge in [0.1, 0.15) is 13.2 Å². The summed E-state index contributed by atoms with van der Waals surface area (Å²) in [5, 5.41) is 1.48. The first-order valence-electron chi connectivity index (χ1n) is 15.0. The molecule has 0 spiro atoms. The number of alkyl halides is 1. The summed E-state index contributed by atoms with van der Waals surface area (Å²) in [7, 11) is 0. The topological polar surface area (TPSA) is 132 Å². The Hall–Kier alpha value is -3.87. The van der Waals surface area contributed by atoms with Crippen LogP contribution in [0.2, 0.25) is 0 Å². The standard InChI is InChI=1S/C33H33BrN2O9/c1-3-33(45-28(38)11-7-13-34)25-14-27-30-22(15-36(27)31(39)24(25)18-43-32(33)40)23(21-9-4-5-10-26(21)35-30)17-42-29-12-6-8-20(44-29)16-41-19(2)37/h4-6,9-10,12,14,20,29H,3,7-8,11,13,15-18H2,1-2H3/t20-,29-,33-/m0/s1. The number of para-hydroxylation sites is 1. The largest absolute Gasteiger partial charge is 0.463 e. The predicted molar refractivity (Wildman–Crippen MR) is 165 cm³/mol. The molecule has 3 aliphatic rings. The van der Waals surface area contributed by atoms with Crippen LogP contribution in [-0.4, -0.2) is 51.8 Å². The molecule has 3 aliphatic heterocycles. The lowest BCUT2D eigenvalue weighted by molar-refractivity contribution is -0.189. The maximum absolute atomic E-state index is 14.0. The molecule has 11 nitrogen and oxygen atoms in total. The molecule has 6 rings (SSSR count). The second kappa shape index (κ2) is 12.9. The third-order valence-corrected chi connectivity index (χ3v) is 8.93. The molecule has 0 saturated heterocycles. The first-order valence-corrected chi connectivity index (χ1v) is 16.1. The van der Waals surface area contributed by atoms with Crippen molar-refractivity contribution in [1.82, 2.24) is 9.55 Å². The van der Waals surface area contributed by atoms with Crippen molar-refractivity contribution in [2.75, 3.05) is 11.9 Å². The number of hydrogen-bond donors (Lipinski definition) is 0. The van der Waals surface area contributed by atoms with Crippen LogP contribution in [0.1, 0.15) is 61.8 Å². The number of esters is 3. The highest BCUT2D eigenvalue weighted by Crippen LogP contribution is 2.42. The number of rotatable bonds is 10. The maximum atomic E-state index is 14.0. The van der Waals surface area contributed by atoms with Crippen molar-refractivity contribution >= 4 is 44.7 Å². The second-order valence-corrected chi connectivity index (χ2v) is 12.0. The van der Waals surface area contributed by atoms with Crippen molar-refractivity contribution in [2.45, 2.75) is 77.3 Å². The summed E-state index contributed by atoms with van der Waals surface area (Å²) >= 11 is 3.31. The molecular formula is C33H33BrN2O9. The first kappa shape index (κ1) is 31.1. The van der Waals surface area contributed by atoms with E-state index in [0.717, 1.165) is 16.5 Å². The Morgan fingerprint density at radius 3 is 2.80 bits per heavy atom. The van der Waals surface area contributed by atoms with Gasteiger partial charge in [0.2, 0.25) is 5.60 Å². The molecule has 0 fully saturated rings. The van der Waals surface area contributed by atoms with E-state index in [1.807, 2.05) is 36.4 Å². The third-order valence-electron chi connectivity index (χ3n) is 8.37. The summed E-state index contributed by atoms with van der Waals surface area (Å²) in [4.78, 5) is 56.2. The lowest BCUT2D eigenvalue weighted by Gasteiger charge is -2.35. The van der Waals surface area contributed by atoms with Gasteiger partial charge in [-0.25, -0.2) is 9.78 Å². The SMILES string of the molecule is CC[C@@]1(OC(=O)CCCBr)C(=O)OCc2c1cc1n(c2=O)Cc2c-1nc1ccccc1c2CO[C@@H]1C=CC[C@@H](COC(C)=O)O1. The molecule has 0 radical (unpaired) electrons. The van der Waals surface area contributed by atoms with E-state index in [0.29, 0.717) is 40.6 Å². The molecule has 2 aromatic heterocycles. The van der Waals surface area contributed by atoms with E-state index in [1.165, 1.54) is 6.92 Å². The Bertz CT molecular complexity index is 1770. The fraction of sp³-hybridized carbons (Fsp3) is 0.424. The van der Waals surface area contributed by atoms with Gasteiger partial charge < -0.3 is 28.3 Å². The number of carbonyl (C=O) groups is 3. The number of hydrogen-bond acceptors (Lipinski definition) is 10. The molecular weight excluding hydrogens is 648 g/mol. The van der Waals surface area contributed by atoms with Crippen LogP contribution in [0.5, 0.6) is 0 Å². The number of carbonyl (C=O) groups excluding carboxylic acids is 3. The van der Waals surface area contributed by atoms with Gasteiger partial charge in [0, 0.05) is 35.2 Å². The van der Waals surface area contributed by atoms with Gasteiger partial charge in [-0.1, -0.05) is 47.1 Å². The number of nitrogens with zero attached hydrogens (tertiary/aromatic N) is 2. The summed E-state index contributed by atoms with van der Waals surface area (Å²) in [5.41, 5.74) is 2.06. The zero-order valence-electron chi connectivity index (χ0n) is 25.0. The van der Waals surface area contributed by atoms with Gasteiger partial charge in [-0.3, -0.25) is 14.4 Å². The van der Waals surface area contributed by atoms with Crippen LogP contribution in [0, 0.1) is 0 Å². The van der Waals surface area contributed by atoms with E-state index >= 15 is 0 Å². The summed E-state index contributed by atoms with van der Waals surface area (Å²) in [6.07, 6.45) is 4.13. The summed E-state index contributed by atoms with van der Waals surface area (Å²) in [6.45, 7) is 3.40. The number of fused-ring (bicyclic) bond motifs is 5. The highest BCUT2D eigenvalue weighted by Gasteiger charge is 2.50. The molecule has 5 heterocycles. The van der Waals surface area contributed by atoms with Crippen LogP contribution < -0.4 is 5.56 Å². The van der Waals surface area contributed by atoms with Crippen LogP contribution in [0.15, 0.2) is 47.3 Å². The Morgan fingerprint density at radius 1 is 1.20 bits per heavy atom. The fourth-order valence-corrected chi connectivity index (χ4v) is 6.38. The number of cyclic esters (lactones) is 1. The third kappa shape index (κ3) is 5.82. The summed E-state index contributed by atoms with van der Waals surface area (Å²) in [6, 6.07) is 9.41. The van der Waals surface area contributed by atoms with E-state index in [9.17, 15) is 19.2 Å². The van der Waals surface area contributed by atoms with Gasteiger partial charge in [0.05, 0.1) is 41.7 Å². The molecule has 12 heteroatoms. The number of ether oxygens (including phenoxy) is 5. The average Bonchev–Trinajstić information content (AvgIpc) is 3.41. The van der Waals surface area contributed by atoms with Gasteiger partial charge >= 0.3 is 17.9 Å². The highest BCUT2D eigenvalue weighted by atomic mass is 79.9. The molecule has 236 valence electrons. The summed E-state index contributed by atoms with van der Waals surface area (Å²) < 4.78 is 30.2. The number of benzene rings is 1. The Kier molecular flexibility index (Phi) is 8.89. The molecule has 0 amide bonds. The summed E-state index contributed by atoms with van der Waals surface area (Å²) in [5.74, 6) is -1.61. The Morgan fingerprint density at radius 2 is 2.02 bits per heavy atom. The Labute approximate surface area is 267 Å². The van der Waals surface area contributed by atoms with Crippen LogP contribution >= 0.6 is 15.9 Å². The molecule has 0 saturated carbocycles. The van der Waals surface area contributed by atoms with Crippen molar-refractivity contribution in [1.29, 1.82) is 0 Å². The molecule has 0 N–H and O–H groups in total. The van der Waals surface area contributed by atoms with Crippen LogP contribution in [0.25, 0.3) is 22.3 Å². The van der Waals surface area contributed by atoms with E-state index in [2.05, 4.69) is 15.9 Å². The first-order chi connectivity index (χ1) is 21.8. The molecule has 45 heavy (non-hydrogen) atoms. The quantitative estimate of drug-likeness (QED) is 0.102. The van der Waals surface area contributed by atoms with Gasteiger partial charge in [-0.15, -0.1) is 0 Å². The Balaban J connectivity index is 1.38. The monoisotopic (exact) mass is 680 g/mol. The molecule has 0 aliphatic carbocycles. The molecule has 3 atom stereocenters. The zero-order chi connectivity index (χ0) is 31.7. The molecule has 0 unspecified atom stereocenters. The smallest absolute Gasteiger partial charge is 0.355 e. The minimum Gasteiger partial charge on any atom is -0.463 e. The predicted octanol–water partition coefficient (Wildman–Crippen LogP) is 4.56. The molecule has 1 aromatic carbocycles. The average molecular weight is 682 g/mol. The lowest BCUT2D eigenvalue weighted by atomic mass is 9.85. The second-order valence-electron chi connectivity index (χ2n) is 11.2.